The van der Waals surface area contributed by atoms with Gasteiger partial charge in [0.25, 0.3) is 0 Å². The van der Waals surface area contributed by atoms with Crippen molar-refractivity contribution in [2.45, 2.75) is 19.8 Å². The van der Waals surface area contributed by atoms with Gasteiger partial charge >= 0.3 is 5.97 Å². The van der Waals surface area contributed by atoms with E-state index in [0.29, 0.717) is 6.42 Å². The molecule has 2 aliphatic rings. The Morgan fingerprint density at radius 3 is 1.77 bits per heavy atom. The molecule has 2 aliphatic carbocycles. The fraction of sp³-hybridized carbons (Fsp3) is 0.278. The number of aliphatic carboxylic acids is 1. The van der Waals surface area contributed by atoms with E-state index >= 15 is 0 Å². The smallest absolute Gasteiger partial charge is 0.303 e. The van der Waals surface area contributed by atoms with E-state index in [1.807, 2.05) is 45.3 Å². The second-order valence-corrected chi connectivity index (χ2v) is 4.90. The zero-order chi connectivity index (χ0) is 15.7. The van der Waals surface area contributed by atoms with Gasteiger partial charge in [0.15, 0.2) is 0 Å². The number of rotatable bonds is 3. The highest BCUT2D eigenvalue weighted by atomic mass is 35.5. The molecule has 22 heavy (non-hydrogen) atoms. The van der Waals surface area contributed by atoms with Crippen LogP contribution in [0.3, 0.4) is 0 Å². The molecule has 0 saturated carbocycles. The summed E-state index contributed by atoms with van der Waals surface area (Å²) in [6.45, 7) is 2.00. The van der Waals surface area contributed by atoms with Gasteiger partial charge in [0.05, 0.1) is 0 Å². The molecule has 0 spiro atoms. The fourth-order valence-corrected chi connectivity index (χ4v) is 1.79. The molecule has 0 radical (unpaired) electrons. The summed E-state index contributed by atoms with van der Waals surface area (Å²) in [5.41, 5.74) is 5.14. The van der Waals surface area contributed by atoms with E-state index in [4.69, 9.17) is 5.11 Å². The van der Waals surface area contributed by atoms with Crippen LogP contribution in [0.15, 0.2) is 48.5 Å². The van der Waals surface area contributed by atoms with Gasteiger partial charge in [-0.1, -0.05) is 48.5 Å². The molecule has 0 atom stereocenters. The number of fused-ring (bicyclic) bond motifs is 1. The third kappa shape index (κ3) is 6.74. The summed E-state index contributed by atoms with van der Waals surface area (Å²) in [5.74, 6) is -0.738. The molecule has 4 heteroatoms. The van der Waals surface area contributed by atoms with Crippen LogP contribution >= 0.6 is 12.4 Å². The van der Waals surface area contributed by atoms with Crippen LogP contribution in [0.25, 0.3) is 11.1 Å². The molecule has 0 heterocycles. The second-order valence-electron chi connectivity index (χ2n) is 4.90. The fourth-order valence-electron chi connectivity index (χ4n) is 1.79. The molecular weight excluding hydrogens is 298 g/mol. The first-order chi connectivity index (χ1) is 10.1. The van der Waals surface area contributed by atoms with Gasteiger partial charge < -0.3 is 10.4 Å². The first-order valence-electron chi connectivity index (χ1n) is 7.03. The van der Waals surface area contributed by atoms with Crippen LogP contribution in [0.1, 0.15) is 17.5 Å². The van der Waals surface area contributed by atoms with Crippen molar-refractivity contribution in [3.63, 3.8) is 0 Å². The van der Waals surface area contributed by atoms with Crippen LogP contribution < -0.4 is 5.32 Å². The van der Waals surface area contributed by atoms with Crippen molar-refractivity contribution < 1.29 is 9.90 Å². The van der Waals surface area contributed by atoms with Gasteiger partial charge in [-0.05, 0) is 49.7 Å². The molecule has 1 aromatic rings. The lowest BCUT2D eigenvalue weighted by Gasteiger charge is -2.10. The normalized spacial score (nSPS) is 9.23. The monoisotopic (exact) mass is 321 g/mol. The van der Waals surface area contributed by atoms with E-state index in [1.54, 1.807) is 0 Å². The Kier molecular flexibility index (Phi) is 9.92. The number of carbonyl (C=O) groups is 1. The van der Waals surface area contributed by atoms with Crippen LogP contribution in [-0.4, -0.2) is 25.2 Å². The van der Waals surface area contributed by atoms with Crippen molar-refractivity contribution in [1.29, 1.82) is 0 Å². The Labute approximate surface area is 138 Å². The van der Waals surface area contributed by atoms with Crippen molar-refractivity contribution >= 4 is 18.4 Å². The van der Waals surface area contributed by atoms with Crippen LogP contribution in [0.4, 0.5) is 0 Å². The van der Waals surface area contributed by atoms with Crippen molar-refractivity contribution in [1.82, 2.24) is 5.32 Å². The Morgan fingerprint density at radius 1 is 1.00 bits per heavy atom. The van der Waals surface area contributed by atoms with Crippen molar-refractivity contribution in [2.24, 2.45) is 0 Å². The topological polar surface area (TPSA) is 49.3 Å². The van der Waals surface area contributed by atoms with Gasteiger partial charge in [0.1, 0.15) is 0 Å². The average molecular weight is 322 g/mol. The number of benzene rings is 2. The Morgan fingerprint density at radius 2 is 1.45 bits per heavy atom. The third-order valence-electron chi connectivity index (χ3n) is 3.09. The van der Waals surface area contributed by atoms with Crippen molar-refractivity contribution in [2.75, 3.05) is 14.1 Å². The van der Waals surface area contributed by atoms with Gasteiger partial charge in [0, 0.05) is 6.42 Å². The second kappa shape index (κ2) is 10.8. The summed E-state index contributed by atoms with van der Waals surface area (Å²) in [5, 5.41) is 11.2. The largest absolute Gasteiger partial charge is 0.481 e. The number of carboxylic acid groups (broad SMARTS) is 1. The van der Waals surface area contributed by atoms with Gasteiger partial charge in [-0.25, -0.2) is 0 Å². The van der Waals surface area contributed by atoms with E-state index in [2.05, 4.69) is 29.6 Å². The van der Waals surface area contributed by atoms with Crippen LogP contribution in [0.5, 0.6) is 0 Å². The molecule has 0 unspecified atom stereocenters. The Hall–Kier alpha value is -1.84. The highest BCUT2D eigenvalue weighted by molar-refractivity contribution is 5.85. The summed E-state index contributed by atoms with van der Waals surface area (Å²) < 4.78 is 0. The molecule has 3 rings (SSSR count). The van der Waals surface area contributed by atoms with Crippen LogP contribution in [0.2, 0.25) is 0 Å². The minimum atomic E-state index is -0.738. The molecule has 0 fully saturated rings. The summed E-state index contributed by atoms with van der Waals surface area (Å²) in [4.78, 5) is 10.3. The molecule has 0 bridgehead atoms. The summed E-state index contributed by atoms with van der Waals surface area (Å²) in [6.07, 6.45) is 0.840. The SMILES string of the molecule is CNC.Cc1ccccc1CCC(=O)O.Cl.c1cc2ccc1-2. The molecule has 1 aromatic carbocycles. The number of nitrogens with one attached hydrogen (secondary N) is 1. The van der Waals surface area contributed by atoms with E-state index < -0.39 is 5.97 Å². The number of hydrogen-bond acceptors (Lipinski definition) is 2. The average Bonchev–Trinajstić information content (AvgIpc) is 2.43. The Balaban J connectivity index is 0.000000366. The number of halogens is 1. The summed E-state index contributed by atoms with van der Waals surface area (Å²) in [7, 11) is 3.75. The van der Waals surface area contributed by atoms with E-state index in [9.17, 15) is 4.79 Å². The molecule has 0 aromatic heterocycles. The Bertz CT molecular complexity index is 547. The number of aryl methyl sites for hydroxylation is 2. The number of carboxylic acids is 1. The van der Waals surface area contributed by atoms with Gasteiger partial charge in [-0.15, -0.1) is 12.4 Å². The minimum absolute atomic E-state index is 0. The molecule has 0 aliphatic heterocycles. The molecule has 120 valence electrons. The molecule has 0 saturated heterocycles. The van der Waals surface area contributed by atoms with Crippen LogP contribution in [0, 0.1) is 6.92 Å². The van der Waals surface area contributed by atoms with E-state index in [1.165, 1.54) is 16.7 Å². The lowest BCUT2D eigenvalue weighted by Crippen LogP contribution is -1.98. The zero-order valence-corrected chi connectivity index (χ0v) is 14.1. The molecule has 0 amide bonds. The van der Waals surface area contributed by atoms with Crippen molar-refractivity contribution in [3.05, 3.63) is 59.7 Å². The summed E-state index contributed by atoms with van der Waals surface area (Å²) in [6, 6.07) is 16.3. The lowest BCUT2D eigenvalue weighted by molar-refractivity contribution is -0.136. The predicted octanol–water partition coefficient (Wildman–Crippen LogP) is 3.94. The molecular formula is C18H24ClNO2. The maximum Gasteiger partial charge on any atom is 0.303 e. The maximum absolute atomic E-state index is 10.3. The van der Waals surface area contributed by atoms with E-state index in [-0.39, 0.29) is 18.8 Å². The standard InChI is InChI=1S/C10H12O2.C6H4.C2H7N.ClH/c1-8-4-2-3-5-9(8)6-7-10(11)12;1-2-6-4-3-5(1)6;1-3-2;/h2-5H,6-7H2,1H3,(H,11,12);1-4H;3H,1-2H3;1H. The first-order valence-corrected chi connectivity index (χ1v) is 7.03. The van der Waals surface area contributed by atoms with Gasteiger partial charge in [-0.3, -0.25) is 4.79 Å². The number of hydrogen-bond donors (Lipinski definition) is 2. The van der Waals surface area contributed by atoms with Crippen LogP contribution in [-0.2, 0) is 11.2 Å². The zero-order valence-electron chi connectivity index (χ0n) is 13.3. The predicted molar refractivity (Wildman–Crippen MR) is 94.8 cm³/mol. The summed E-state index contributed by atoms with van der Waals surface area (Å²) >= 11 is 0. The van der Waals surface area contributed by atoms with Gasteiger partial charge in [-0.2, -0.15) is 0 Å². The van der Waals surface area contributed by atoms with Crippen molar-refractivity contribution in [3.8, 4) is 11.1 Å². The third-order valence-corrected chi connectivity index (χ3v) is 3.09. The molecule has 3 nitrogen and oxygen atoms in total. The quantitative estimate of drug-likeness (QED) is 0.768. The molecule has 2 N–H and O–H groups in total. The minimum Gasteiger partial charge on any atom is -0.481 e. The van der Waals surface area contributed by atoms with Gasteiger partial charge in [0.2, 0.25) is 0 Å². The highest BCUT2D eigenvalue weighted by Gasteiger charge is 2.04. The van der Waals surface area contributed by atoms with E-state index in [0.717, 1.165) is 5.56 Å². The first kappa shape index (κ1) is 20.2. The highest BCUT2D eigenvalue weighted by Crippen LogP contribution is 2.29. The maximum atomic E-state index is 10.3. The lowest BCUT2D eigenvalue weighted by atomic mass is 9.95.